The van der Waals surface area contributed by atoms with Crippen LogP contribution < -0.4 is 14.8 Å². The van der Waals surface area contributed by atoms with E-state index < -0.39 is 0 Å². The number of methoxy groups -OCH3 is 2. The van der Waals surface area contributed by atoms with Crippen molar-refractivity contribution in [2.75, 3.05) is 40.4 Å². The van der Waals surface area contributed by atoms with Crippen LogP contribution in [-0.4, -0.2) is 45.3 Å². The van der Waals surface area contributed by atoms with Crippen LogP contribution in [0.4, 0.5) is 0 Å². The van der Waals surface area contributed by atoms with Crippen molar-refractivity contribution in [3.63, 3.8) is 0 Å². The molecular weight excluding hydrogens is 276 g/mol. The molecule has 2 fully saturated rings. The molecule has 2 aliphatic carbocycles. The van der Waals surface area contributed by atoms with E-state index in [9.17, 15) is 0 Å². The Balaban J connectivity index is 1.73. The van der Waals surface area contributed by atoms with Crippen LogP contribution in [0.3, 0.4) is 0 Å². The Labute approximate surface area is 132 Å². The van der Waals surface area contributed by atoms with Gasteiger partial charge < -0.3 is 14.8 Å². The van der Waals surface area contributed by atoms with E-state index in [1.165, 1.54) is 36.0 Å². The van der Waals surface area contributed by atoms with Crippen molar-refractivity contribution in [1.82, 2.24) is 10.2 Å². The number of hydrogen-bond acceptors (Lipinski definition) is 4. The first-order valence-electron chi connectivity index (χ1n) is 8.52. The molecule has 1 aromatic carbocycles. The van der Waals surface area contributed by atoms with Crippen LogP contribution in [0.2, 0.25) is 0 Å². The second-order valence-electron chi connectivity index (χ2n) is 6.83. The van der Waals surface area contributed by atoms with Gasteiger partial charge in [0, 0.05) is 49.4 Å². The van der Waals surface area contributed by atoms with Gasteiger partial charge in [0.25, 0.3) is 0 Å². The Morgan fingerprint density at radius 3 is 2.50 bits per heavy atom. The Morgan fingerprint density at radius 2 is 1.82 bits per heavy atom. The zero-order valence-corrected chi connectivity index (χ0v) is 13.7. The lowest BCUT2D eigenvalue weighted by molar-refractivity contribution is 0.229. The highest BCUT2D eigenvalue weighted by Gasteiger charge is 2.42. The number of nitrogens with one attached hydrogen (secondary N) is 1. The van der Waals surface area contributed by atoms with Gasteiger partial charge in [-0.2, -0.15) is 0 Å². The number of benzene rings is 1. The third-order valence-electron chi connectivity index (χ3n) is 5.67. The van der Waals surface area contributed by atoms with E-state index in [1.54, 1.807) is 0 Å². The molecular formula is C18H26N2O2. The van der Waals surface area contributed by atoms with Gasteiger partial charge in [-0.05, 0) is 37.2 Å². The molecule has 4 rings (SSSR count). The minimum Gasteiger partial charge on any atom is -0.496 e. The van der Waals surface area contributed by atoms with Crippen molar-refractivity contribution in [3.05, 3.63) is 22.8 Å². The van der Waals surface area contributed by atoms with Gasteiger partial charge >= 0.3 is 0 Å². The van der Waals surface area contributed by atoms with Crippen LogP contribution in [0, 0.1) is 0 Å². The molecule has 2 unspecified atom stereocenters. The monoisotopic (exact) mass is 302 g/mol. The molecule has 2 atom stereocenters. The fourth-order valence-corrected chi connectivity index (χ4v) is 4.70. The SMILES string of the molecule is COc1cc(CN2CCNCC2)c(OC)c2c1C1CCC2C1. The van der Waals surface area contributed by atoms with E-state index in [0.29, 0.717) is 11.8 Å². The maximum absolute atomic E-state index is 5.88. The molecule has 0 spiro atoms. The Hall–Kier alpha value is -1.26. The number of piperazine rings is 1. The molecule has 4 nitrogen and oxygen atoms in total. The van der Waals surface area contributed by atoms with Gasteiger partial charge in [-0.15, -0.1) is 0 Å². The van der Waals surface area contributed by atoms with Gasteiger partial charge in [0.15, 0.2) is 0 Å². The molecule has 3 aliphatic rings. The van der Waals surface area contributed by atoms with E-state index in [-0.39, 0.29) is 0 Å². The lowest BCUT2D eigenvalue weighted by atomic mass is 9.88. The average molecular weight is 302 g/mol. The van der Waals surface area contributed by atoms with Crippen molar-refractivity contribution < 1.29 is 9.47 Å². The maximum atomic E-state index is 5.88. The fraction of sp³-hybridized carbons (Fsp3) is 0.667. The standard InChI is InChI=1S/C18H26N2O2/c1-21-15-10-14(11-20-7-5-19-6-8-20)18(22-2)17-13-4-3-12(9-13)16(15)17/h10,12-13,19H,3-9,11H2,1-2H3. The summed E-state index contributed by atoms with van der Waals surface area (Å²) in [4.78, 5) is 2.51. The summed E-state index contributed by atoms with van der Waals surface area (Å²) in [6.45, 7) is 5.33. The summed E-state index contributed by atoms with van der Waals surface area (Å²) in [6, 6.07) is 2.24. The van der Waals surface area contributed by atoms with Crippen molar-refractivity contribution in [3.8, 4) is 11.5 Å². The molecule has 1 aromatic rings. The highest BCUT2D eigenvalue weighted by molar-refractivity contribution is 5.60. The average Bonchev–Trinajstić information content (AvgIpc) is 3.17. The first kappa shape index (κ1) is 14.3. The van der Waals surface area contributed by atoms with E-state index >= 15 is 0 Å². The molecule has 1 saturated carbocycles. The smallest absolute Gasteiger partial charge is 0.127 e. The van der Waals surface area contributed by atoms with Crippen molar-refractivity contribution in [2.45, 2.75) is 37.6 Å². The van der Waals surface area contributed by atoms with Gasteiger partial charge in [0.2, 0.25) is 0 Å². The normalized spacial score (nSPS) is 27.0. The van der Waals surface area contributed by atoms with Crippen molar-refractivity contribution >= 4 is 0 Å². The lowest BCUT2D eigenvalue weighted by Gasteiger charge is -2.29. The number of hydrogen-bond donors (Lipinski definition) is 1. The summed E-state index contributed by atoms with van der Waals surface area (Å²) in [7, 11) is 3.64. The van der Waals surface area contributed by atoms with Gasteiger partial charge in [-0.1, -0.05) is 0 Å². The largest absolute Gasteiger partial charge is 0.496 e. The zero-order chi connectivity index (χ0) is 15.1. The maximum Gasteiger partial charge on any atom is 0.127 e. The first-order valence-corrected chi connectivity index (χ1v) is 8.52. The van der Waals surface area contributed by atoms with Crippen molar-refractivity contribution in [2.24, 2.45) is 0 Å². The number of rotatable bonds is 4. The number of ether oxygens (including phenoxy) is 2. The highest BCUT2D eigenvalue weighted by Crippen LogP contribution is 2.59. The summed E-state index contributed by atoms with van der Waals surface area (Å²) in [5.41, 5.74) is 4.20. The van der Waals surface area contributed by atoms with Gasteiger partial charge in [-0.25, -0.2) is 0 Å². The van der Waals surface area contributed by atoms with Gasteiger partial charge in [-0.3, -0.25) is 4.90 Å². The molecule has 1 saturated heterocycles. The Kier molecular flexibility index (Phi) is 3.74. The van der Waals surface area contributed by atoms with E-state index in [0.717, 1.165) is 44.2 Å². The summed E-state index contributed by atoms with van der Waals surface area (Å²) < 4.78 is 11.6. The van der Waals surface area contributed by atoms with E-state index in [2.05, 4.69) is 16.3 Å². The highest BCUT2D eigenvalue weighted by atomic mass is 16.5. The van der Waals surface area contributed by atoms with Gasteiger partial charge in [0.1, 0.15) is 11.5 Å². The molecule has 1 heterocycles. The summed E-state index contributed by atoms with van der Waals surface area (Å²) >= 11 is 0. The molecule has 1 aliphatic heterocycles. The first-order chi connectivity index (χ1) is 10.8. The molecule has 0 amide bonds. The topological polar surface area (TPSA) is 33.7 Å². The Bertz CT molecular complexity index is 567. The summed E-state index contributed by atoms with van der Waals surface area (Å²) in [5.74, 6) is 3.61. The fourth-order valence-electron chi connectivity index (χ4n) is 4.70. The predicted octanol–water partition coefficient (Wildman–Crippen LogP) is 2.47. The second kappa shape index (κ2) is 5.74. The molecule has 2 bridgehead atoms. The quantitative estimate of drug-likeness (QED) is 0.926. The number of fused-ring (bicyclic) bond motifs is 5. The van der Waals surface area contributed by atoms with Crippen LogP contribution >= 0.6 is 0 Å². The third-order valence-corrected chi connectivity index (χ3v) is 5.67. The minimum absolute atomic E-state index is 0.687. The predicted molar refractivity (Wildman–Crippen MR) is 87.0 cm³/mol. The lowest BCUT2D eigenvalue weighted by Crippen LogP contribution is -2.42. The molecule has 4 heteroatoms. The minimum atomic E-state index is 0.687. The van der Waals surface area contributed by atoms with Crippen LogP contribution in [0.15, 0.2) is 6.07 Å². The van der Waals surface area contributed by atoms with Crippen LogP contribution in [0.1, 0.15) is 47.8 Å². The van der Waals surface area contributed by atoms with E-state index in [1.807, 2.05) is 14.2 Å². The molecule has 0 radical (unpaired) electrons. The Morgan fingerprint density at radius 1 is 1.09 bits per heavy atom. The van der Waals surface area contributed by atoms with Crippen LogP contribution in [0.25, 0.3) is 0 Å². The molecule has 22 heavy (non-hydrogen) atoms. The second-order valence-corrected chi connectivity index (χ2v) is 6.83. The van der Waals surface area contributed by atoms with Crippen LogP contribution in [-0.2, 0) is 6.54 Å². The third kappa shape index (κ3) is 2.20. The van der Waals surface area contributed by atoms with E-state index in [4.69, 9.17) is 9.47 Å². The van der Waals surface area contributed by atoms with Gasteiger partial charge in [0.05, 0.1) is 14.2 Å². The summed E-state index contributed by atoms with van der Waals surface area (Å²) in [5, 5.41) is 3.42. The number of nitrogens with zero attached hydrogens (tertiary/aromatic N) is 1. The zero-order valence-electron chi connectivity index (χ0n) is 13.7. The summed E-state index contributed by atoms with van der Waals surface area (Å²) in [6.07, 6.45) is 3.92. The molecule has 1 N–H and O–H groups in total. The molecule has 0 aromatic heterocycles. The van der Waals surface area contributed by atoms with Crippen LogP contribution in [0.5, 0.6) is 11.5 Å². The van der Waals surface area contributed by atoms with Crippen molar-refractivity contribution in [1.29, 1.82) is 0 Å². The molecule has 120 valence electrons.